The molecular weight excluding hydrogens is 907 g/mol. The molecule has 0 aromatic carbocycles. The third kappa shape index (κ3) is 645. The second-order valence-corrected chi connectivity index (χ2v) is 16.8. The van der Waals surface area contributed by atoms with Crippen LogP contribution in [0.4, 0.5) is 0 Å². The molecule has 0 aliphatic carbocycles. The molecule has 0 rings (SSSR count). The van der Waals surface area contributed by atoms with E-state index in [4.69, 9.17) is 255 Å². The van der Waals surface area contributed by atoms with E-state index in [1.807, 2.05) is 6.92 Å². The van der Waals surface area contributed by atoms with E-state index in [1.165, 1.54) is 5.12 Å². The number of hydrogen-bond donors (Lipinski definition) is 2. The van der Waals surface area contributed by atoms with Gasteiger partial charge in [-0.2, -0.15) is 5.12 Å². The molecule has 0 unspecified atom stereocenters. The average Bonchev–Trinajstić information content (AvgIpc) is 2.41. The number of alkyl halides is 21. The minimum atomic E-state index is -0.750. The lowest BCUT2D eigenvalue weighted by Gasteiger charge is -2.03. The van der Waals surface area contributed by atoms with Crippen molar-refractivity contribution in [2.45, 2.75) is 43.4 Å². The van der Waals surface area contributed by atoms with E-state index in [0.29, 0.717) is 0 Å². The zero-order valence-corrected chi connectivity index (χ0v) is 31.9. The van der Waals surface area contributed by atoms with Crippen molar-refractivity contribution in [2.75, 3.05) is 6.54 Å². The predicted molar refractivity (Wildman–Crippen MR) is 175 cm³/mol. The van der Waals surface area contributed by atoms with E-state index < -0.39 is 30.1 Å². The van der Waals surface area contributed by atoms with Crippen molar-refractivity contribution >= 4 is 244 Å². The van der Waals surface area contributed by atoms with Gasteiger partial charge in [0.2, 0.25) is 0 Å². The van der Waals surface area contributed by atoms with Gasteiger partial charge in [-0.25, -0.2) is 0 Å². The fourth-order valence-corrected chi connectivity index (χ4v) is 0.258. The zero-order valence-electron chi connectivity index (χ0n) is 16.0. The Bertz CT molecular complexity index is 193. The Morgan fingerprint density at radius 2 is 0.471 bits per heavy atom. The molecule has 0 aromatic rings. The highest BCUT2D eigenvalue weighted by atomic mass is 35.6. The predicted octanol–water partition coefficient (Wildman–Crippen LogP) is 13.4. The van der Waals surface area contributed by atoms with Crippen LogP contribution in [0.5, 0.6) is 0 Å². The SMILES string of the molecule is CCCN(N)N.ClC(Cl)Cl.ClC(Cl)Cl.ClC(Cl)Cl.ClC(Cl)Cl.ClC(Cl)Cl.ClC(Cl)Cl.ClC(Cl)Cl. The fraction of sp³-hybridized carbons (Fsp3) is 1.00. The molecule has 0 heterocycles. The van der Waals surface area contributed by atoms with Gasteiger partial charge in [0.05, 0.1) is 0 Å². The van der Waals surface area contributed by atoms with Gasteiger partial charge in [-0.3, -0.25) is 11.7 Å². The monoisotopic (exact) mass is 914 g/mol. The summed E-state index contributed by atoms with van der Waals surface area (Å²) >= 11 is 101. The lowest BCUT2D eigenvalue weighted by molar-refractivity contribution is 0.295. The maximum atomic E-state index is 5.01. The van der Waals surface area contributed by atoms with Crippen molar-refractivity contribution in [3.63, 3.8) is 0 Å². The van der Waals surface area contributed by atoms with Crippen LogP contribution in [-0.2, 0) is 0 Å². The molecule has 0 atom stereocenters. The Kier molecular flexibility index (Phi) is 96.0. The summed E-state index contributed by atoms with van der Waals surface area (Å²) in [6, 6.07) is 0. The first-order valence-electron chi connectivity index (χ1n) is 6.62. The molecule has 0 saturated heterocycles. The first-order chi connectivity index (χ1) is 14.9. The maximum Gasteiger partial charge on any atom is 0.180 e. The first-order valence-corrected chi connectivity index (χ1v) is 15.8. The van der Waals surface area contributed by atoms with E-state index in [1.54, 1.807) is 0 Å². The van der Waals surface area contributed by atoms with Gasteiger partial charge in [0.1, 0.15) is 0 Å². The largest absolute Gasteiger partial charge is 0.255 e. The molecule has 0 fully saturated rings. The number of nitrogens with zero attached hydrogens (tertiary/aromatic N) is 1. The number of hydrogen-bond acceptors (Lipinski definition) is 3. The summed E-state index contributed by atoms with van der Waals surface area (Å²) < 4.78 is -5.25. The lowest BCUT2D eigenvalue weighted by atomic mass is 10.5. The normalized spacial score (nSPS) is 9.18. The molecule has 0 amide bonds. The van der Waals surface area contributed by atoms with E-state index in [9.17, 15) is 0 Å². The first kappa shape index (κ1) is 59.4. The van der Waals surface area contributed by atoms with Crippen molar-refractivity contribution in [2.24, 2.45) is 11.7 Å². The van der Waals surface area contributed by atoms with Crippen molar-refractivity contribution in [1.82, 2.24) is 5.12 Å². The third-order valence-corrected chi connectivity index (χ3v) is 0.482. The average molecular weight is 925 g/mol. The molecule has 0 bridgehead atoms. The van der Waals surface area contributed by atoms with Crippen molar-refractivity contribution in [3.8, 4) is 0 Å². The van der Waals surface area contributed by atoms with Crippen molar-refractivity contribution in [1.29, 1.82) is 0 Å². The van der Waals surface area contributed by atoms with Gasteiger partial charge in [0.25, 0.3) is 0 Å². The topological polar surface area (TPSA) is 55.3 Å². The number of rotatable bonds is 2. The molecule has 0 aromatic heterocycles. The maximum absolute atomic E-state index is 5.01. The number of nitrogens with two attached hydrogens (primary N) is 2. The highest BCUT2D eigenvalue weighted by Gasteiger charge is 1.81. The Morgan fingerprint density at radius 3 is 0.471 bits per heavy atom. The van der Waals surface area contributed by atoms with Crippen LogP contribution in [0.3, 0.4) is 0 Å². The highest BCUT2D eigenvalue weighted by molar-refractivity contribution is 6.65. The fourth-order valence-electron chi connectivity index (χ4n) is 0.258. The van der Waals surface area contributed by atoms with Crippen LogP contribution in [-0.4, -0.2) is 41.7 Å². The van der Waals surface area contributed by atoms with Crippen LogP contribution >= 0.6 is 244 Å². The summed E-state index contributed by atoms with van der Waals surface area (Å²) in [4.78, 5) is 0. The summed E-state index contributed by atoms with van der Waals surface area (Å²) in [5.74, 6) is 10.0. The van der Waals surface area contributed by atoms with Gasteiger partial charge in [-0.15, -0.1) is 0 Å². The van der Waals surface area contributed by atoms with Crippen LogP contribution in [0.25, 0.3) is 0 Å². The molecule has 4 N–H and O–H groups in total. The Balaban J connectivity index is -0.0000000381. The lowest BCUT2D eigenvalue weighted by Crippen LogP contribution is -2.38. The van der Waals surface area contributed by atoms with Crippen molar-refractivity contribution in [3.05, 3.63) is 0 Å². The van der Waals surface area contributed by atoms with Crippen molar-refractivity contribution < 1.29 is 0 Å². The summed E-state index contributed by atoms with van der Waals surface area (Å²) in [6.07, 6.45) is 1.01. The number of halogens is 21. The quantitative estimate of drug-likeness (QED) is 0.165. The third-order valence-electron chi connectivity index (χ3n) is 0.482. The Morgan fingerprint density at radius 1 is 0.382 bits per heavy atom. The second-order valence-electron chi connectivity index (χ2n) is 2.97. The van der Waals surface area contributed by atoms with Gasteiger partial charge < -0.3 is 0 Å². The smallest absolute Gasteiger partial charge is 0.180 e. The summed E-state index contributed by atoms with van der Waals surface area (Å²) in [7, 11) is 0. The van der Waals surface area contributed by atoms with E-state index in [-0.39, 0.29) is 0 Å². The molecule has 3 nitrogen and oxygen atoms in total. The molecule has 220 valence electrons. The van der Waals surface area contributed by atoms with Gasteiger partial charge in [0.15, 0.2) is 30.1 Å². The van der Waals surface area contributed by atoms with Crippen LogP contribution in [0.1, 0.15) is 13.3 Å². The standard InChI is InChI=1S/C3H11N3.7CHCl3/c1-2-3-6(4)5;7*2-1(3)4/h2-5H2,1H3;7*1H. The summed E-state index contributed by atoms with van der Waals surface area (Å²) in [5, 5.41) is 1.18. The van der Waals surface area contributed by atoms with Gasteiger partial charge in [-0.05, 0) is 6.42 Å². The van der Waals surface area contributed by atoms with Crippen LogP contribution in [0.2, 0.25) is 0 Å². The van der Waals surface area contributed by atoms with E-state index in [0.717, 1.165) is 13.0 Å². The molecule has 24 heteroatoms. The summed E-state index contributed by atoms with van der Waals surface area (Å²) in [6.45, 7) is 2.78. The molecule has 34 heavy (non-hydrogen) atoms. The molecule has 0 spiro atoms. The second kappa shape index (κ2) is 55.0. The van der Waals surface area contributed by atoms with E-state index >= 15 is 0 Å². The zero-order chi connectivity index (χ0) is 30.0. The van der Waals surface area contributed by atoms with Gasteiger partial charge >= 0.3 is 0 Å². The highest BCUT2D eigenvalue weighted by Crippen LogP contribution is 2.06. The Hall–Kier alpha value is 5.97. The Labute approximate surface area is 306 Å². The minimum absolute atomic E-state index is 0.750. The van der Waals surface area contributed by atoms with Crippen LogP contribution < -0.4 is 11.7 Å². The van der Waals surface area contributed by atoms with Gasteiger partial charge in [-0.1, -0.05) is 251 Å². The van der Waals surface area contributed by atoms with Crippen LogP contribution in [0.15, 0.2) is 0 Å². The van der Waals surface area contributed by atoms with Crippen LogP contribution in [0, 0.1) is 0 Å². The number of hydrazine groups is 2. The summed E-state index contributed by atoms with van der Waals surface area (Å²) in [5.41, 5.74) is 0. The molecular formula is C10H18Cl21N3. The van der Waals surface area contributed by atoms with E-state index in [2.05, 4.69) is 0 Å². The minimum Gasteiger partial charge on any atom is -0.255 e. The van der Waals surface area contributed by atoms with Gasteiger partial charge in [0, 0.05) is 6.54 Å². The molecule has 0 aliphatic heterocycles. The molecule has 0 radical (unpaired) electrons. The molecule has 0 saturated carbocycles. The molecule has 0 aliphatic rings.